The van der Waals surface area contributed by atoms with E-state index in [-0.39, 0.29) is 18.6 Å². The molecule has 0 aromatic carbocycles. The number of anilines is 1. The Morgan fingerprint density at radius 3 is 2.65 bits per heavy atom. The second-order valence-corrected chi connectivity index (χ2v) is 4.39. The van der Waals surface area contributed by atoms with Crippen LogP contribution in [0.4, 0.5) is 5.82 Å². The Labute approximate surface area is 102 Å². The van der Waals surface area contributed by atoms with Crippen LogP contribution in [0.1, 0.15) is 31.3 Å². The van der Waals surface area contributed by atoms with Crippen molar-refractivity contribution in [2.45, 2.75) is 32.7 Å². The van der Waals surface area contributed by atoms with Crippen LogP contribution in [0.25, 0.3) is 0 Å². The van der Waals surface area contributed by atoms with E-state index in [2.05, 4.69) is 29.1 Å². The van der Waals surface area contributed by atoms with Crippen molar-refractivity contribution in [2.75, 3.05) is 25.6 Å². The van der Waals surface area contributed by atoms with E-state index in [0.29, 0.717) is 6.61 Å². The zero-order valence-corrected chi connectivity index (χ0v) is 10.9. The number of nitrogens with one attached hydrogen (secondary N) is 1. The van der Waals surface area contributed by atoms with Gasteiger partial charge in [-0.15, -0.1) is 0 Å². The number of aliphatic hydroxyl groups excluding tert-OH is 1. The Morgan fingerprint density at radius 2 is 2.12 bits per heavy atom. The second-order valence-electron chi connectivity index (χ2n) is 4.39. The van der Waals surface area contributed by atoms with E-state index in [9.17, 15) is 5.11 Å². The van der Waals surface area contributed by atoms with Crippen molar-refractivity contribution in [1.29, 1.82) is 0 Å². The van der Waals surface area contributed by atoms with Crippen LogP contribution in [0.2, 0.25) is 0 Å². The Hall–Kier alpha value is -1.20. The molecule has 1 rings (SSSR count). The minimum Gasteiger partial charge on any atom is -0.394 e. The van der Waals surface area contributed by atoms with Gasteiger partial charge in [0.15, 0.2) is 0 Å². The van der Waals surface area contributed by atoms with Gasteiger partial charge in [0.1, 0.15) is 11.6 Å². The predicted octanol–water partition coefficient (Wildman–Crippen LogP) is 1.33. The van der Waals surface area contributed by atoms with Gasteiger partial charge in [0, 0.05) is 24.8 Å². The van der Waals surface area contributed by atoms with Crippen molar-refractivity contribution < 1.29 is 9.84 Å². The largest absolute Gasteiger partial charge is 0.394 e. The summed E-state index contributed by atoms with van der Waals surface area (Å²) in [7, 11) is 1.61. The van der Waals surface area contributed by atoms with Gasteiger partial charge in [-0.1, -0.05) is 13.8 Å². The second kappa shape index (κ2) is 6.51. The number of aliphatic hydroxyl groups is 1. The van der Waals surface area contributed by atoms with Crippen LogP contribution >= 0.6 is 0 Å². The molecule has 1 atom stereocenters. The van der Waals surface area contributed by atoms with E-state index in [1.54, 1.807) is 7.11 Å². The third-order valence-corrected chi connectivity index (χ3v) is 2.33. The van der Waals surface area contributed by atoms with Gasteiger partial charge >= 0.3 is 0 Å². The van der Waals surface area contributed by atoms with Gasteiger partial charge in [0.2, 0.25) is 0 Å². The fourth-order valence-corrected chi connectivity index (χ4v) is 1.47. The maximum Gasteiger partial charge on any atom is 0.133 e. The minimum atomic E-state index is -0.144. The van der Waals surface area contributed by atoms with Gasteiger partial charge in [-0.3, -0.25) is 0 Å². The summed E-state index contributed by atoms with van der Waals surface area (Å²) in [6, 6.07) is 1.72. The van der Waals surface area contributed by atoms with Crippen LogP contribution in [0.3, 0.4) is 0 Å². The molecule has 0 aliphatic rings. The van der Waals surface area contributed by atoms with E-state index in [0.717, 1.165) is 17.3 Å². The topological polar surface area (TPSA) is 67.3 Å². The number of nitrogens with zero attached hydrogens (tertiary/aromatic N) is 2. The number of ether oxygens (including phenoxy) is 1. The number of aromatic nitrogens is 2. The summed E-state index contributed by atoms with van der Waals surface area (Å²) in [5.74, 6) is 1.82. The summed E-state index contributed by atoms with van der Waals surface area (Å²) in [4.78, 5) is 8.78. The molecule has 96 valence electrons. The molecule has 0 radical (unpaired) electrons. The zero-order chi connectivity index (χ0) is 12.8. The van der Waals surface area contributed by atoms with Crippen LogP contribution in [-0.2, 0) is 4.74 Å². The molecule has 17 heavy (non-hydrogen) atoms. The van der Waals surface area contributed by atoms with Gasteiger partial charge in [-0.05, 0) is 6.92 Å². The summed E-state index contributed by atoms with van der Waals surface area (Å²) < 4.78 is 5.01. The highest BCUT2D eigenvalue weighted by molar-refractivity contribution is 5.37. The van der Waals surface area contributed by atoms with E-state index in [1.165, 1.54) is 0 Å². The number of methoxy groups -OCH3 is 1. The first kappa shape index (κ1) is 13.9. The van der Waals surface area contributed by atoms with Gasteiger partial charge in [-0.2, -0.15) is 0 Å². The summed E-state index contributed by atoms with van der Waals surface area (Å²) >= 11 is 0. The molecule has 5 nitrogen and oxygen atoms in total. The molecule has 1 aromatic rings. The molecule has 0 aliphatic carbocycles. The maximum atomic E-state index is 9.18. The molecule has 0 amide bonds. The summed E-state index contributed by atoms with van der Waals surface area (Å²) in [5, 5.41) is 12.3. The monoisotopic (exact) mass is 239 g/mol. The molecule has 0 saturated heterocycles. The minimum absolute atomic E-state index is 0.00784. The quantitative estimate of drug-likeness (QED) is 0.784. The van der Waals surface area contributed by atoms with Gasteiger partial charge in [-0.25, -0.2) is 9.97 Å². The number of hydrogen-bond acceptors (Lipinski definition) is 5. The molecule has 2 N–H and O–H groups in total. The fourth-order valence-electron chi connectivity index (χ4n) is 1.47. The smallest absolute Gasteiger partial charge is 0.133 e. The lowest BCUT2D eigenvalue weighted by atomic mass is 10.2. The Bertz CT molecular complexity index is 356. The number of rotatable bonds is 6. The zero-order valence-electron chi connectivity index (χ0n) is 10.9. The molecular formula is C12H21N3O2. The molecule has 1 aromatic heterocycles. The van der Waals surface area contributed by atoms with Gasteiger partial charge in [0.25, 0.3) is 0 Å². The average molecular weight is 239 g/mol. The predicted molar refractivity (Wildman–Crippen MR) is 67.2 cm³/mol. The highest BCUT2D eigenvalue weighted by Crippen LogP contribution is 2.14. The van der Waals surface area contributed by atoms with Gasteiger partial charge < -0.3 is 15.2 Å². The number of aryl methyl sites for hydroxylation is 1. The average Bonchev–Trinajstić information content (AvgIpc) is 2.27. The van der Waals surface area contributed by atoms with Crippen LogP contribution < -0.4 is 5.32 Å². The SMILES string of the molecule is COCC(CO)Nc1cc(C)nc(C(C)C)n1. The molecule has 0 saturated carbocycles. The van der Waals surface area contributed by atoms with E-state index in [1.807, 2.05) is 13.0 Å². The molecule has 1 unspecified atom stereocenters. The molecule has 0 aliphatic heterocycles. The molecule has 5 heteroatoms. The molecule has 0 spiro atoms. The first-order valence-corrected chi connectivity index (χ1v) is 5.78. The molecule has 0 bridgehead atoms. The van der Waals surface area contributed by atoms with Crippen molar-refractivity contribution in [2.24, 2.45) is 0 Å². The molecule has 1 heterocycles. The van der Waals surface area contributed by atoms with Crippen molar-refractivity contribution in [3.63, 3.8) is 0 Å². The van der Waals surface area contributed by atoms with Crippen molar-refractivity contribution in [3.05, 3.63) is 17.6 Å². The first-order valence-electron chi connectivity index (χ1n) is 5.78. The third kappa shape index (κ3) is 4.28. The third-order valence-electron chi connectivity index (χ3n) is 2.33. The highest BCUT2D eigenvalue weighted by Gasteiger charge is 2.10. The van der Waals surface area contributed by atoms with Crippen molar-refractivity contribution >= 4 is 5.82 Å². The maximum absolute atomic E-state index is 9.18. The Balaban J connectivity index is 2.82. The lowest BCUT2D eigenvalue weighted by Gasteiger charge is -2.17. The van der Waals surface area contributed by atoms with Crippen LogP contribution in [0.5, 0.6) is 0 Å². The Kier molecular flexibility index (Phi) is 5.31. The van der Waals surface area contributed by atoms with Crippen LogP contribution in [0.15, 0.2) is 6.07 Å². The van der Waals surface area contributed by atoms with Gasteiger partial charge in [0.05, 0.1) is 19.3 Å². The molecule has 0 fully saturated rings. The standard InChI is InChI=1S/C12H21N3O2/c1-8(2)12-13-9(3)5-11(15-12)14-10(6-16)7-17-4/h5,8,10,16H,6-7H2,1-4H3,(H,13,14,15). The van der Waals surface area contributed by atoms with E-state index < -0.39 is 0 Å². The van der Waals surface area contributed by atoms with Crippen LogP contribution in [-0.4, -0.2) is 41.4 Å². The van der Waals surface area contributed by atoms with E-state index >= 15 is 0 Å². The summed E-state index contributed by atoms with van der Waals surface area (Å²) in [6.07, 6.45) is 0. The normalized spacial score (nSPS) is 12.8. The highest BCUT2D eigenvalue weighted by atomic mass is 16.5. The lowest BCUT2D eigenvalue weighted by molar-refractivity contribution is 0.153. The fraction of sp³-hybridized carbons (Fsp3) is 0.667. The van der Waals surface area contributed by atoms with E-state index in [4.69, 9.17) is 4.74 Å². The van der Waals surface area contributed by atoms with Crippen molar-refractivity contribution in [3.8, 4) is 0 Å². The molecular weight excluding hydrogens is 218 g/mol. The lowest BCUT2D eigenvalue weighted by Crippen LogP contribution is -2.29. The number of hydrogen-bond donors (Lipinski definition) is 2. The summed E-state index contributed by atoms with van der Waals surface area (Å²) in [5.41, 5.74) is 0.917. The first-order chi connectivity index (χ1) is 8.06. The van der Waals surface area contributed by atoms with Crippen LogP contribution in [0, 0.1) is 6.92 Å². The van der Waals surface area contributed by atoms with Crippen molar-refractivity contribution in [1.82, 2.24) is 9.97 Å². The Morgan fingerprint density at radius 1 is 1.41 bits per heavy atom. The summed E-state index contributed by atoms with van der Waals surface area (Å²) in [6.45, 7) is 6.49.